The number of aliphatic hydroxyl groups is 1. The molecule has 1 aliphatic heterocycles. The Morgan fingerprint density at radius 1 is 1.26 bits per heavy atom. The van der Waals surface area contributed by atoms with Crippen LogP contribution in [0.3, 0.4) is 0 Å². The third-order valence-electron chi connectivity index (χ3n) is 6.57. The SMILES string of the molecule is COCCCCc1c(C(=O)N(CC(C)C)[C@@H]2CNC[C@H](C(C)(C)O)C2)nnn1-c1ccccc1.Cl. The fraction of sp³-hybridized carbons (Fsp3) is 0.654. The molecule has 2 atom stereocenters. The molecule has 0 unspecified atom stereocenters. The van der Waals surface area contributed by atoms with Gasteiger partial charge in [0.25, 0.3) is 5.91 Å². The van der Waals surface area contributed by atoms with Gasteiger partial charge in [-0.15, -0.1) is 17.5 Å². The highest BCUT2D eigenvalue weighted by Gasteiger charge is 2.37. The number of rotatable bonds is 11. The molecule has 196 valence electrons. The highest BCUT2D eigenvalue weighted by Crippen LogP contribution is 2.28. The highest BCUT2D eigenvalue weighted by molar-refractivity contribution is 5.93. The first-order chi connectivity index (χ1) is 16.2. The van der Waals surface area contributed by atoms with Gasteiger partial charge < -0.3 is 20.1 Å². The van der Waals surface area contributed by atoms with Crippen LogP contribution in [0.4, 0.5) is 0 Å². The lowest BCUT2D eigenvalue weighted by molar-refractivity contribution is -0.0112. The van der Waals surface area contributed by atoms with Gasteiger partial charge in [-0.1, -0.05) is 37.3 Å². The minimum absolute atomic E-state index is 0. The van der Waals surface area contributed by atoms with E-state index >= 15 is 0 Å². The first-order valence-corrected chi connectivity index (χ1v) is 12.4. The molecule has 1 aromatic carbocycles. The van der Waals surface area contributed by atoms with Gasteiger partial charge in [-0.05, 0) is 57.6 Å². The third-order valence-corrected chi connectivity index (χ3v) is 6.57. The average Bonchev–Trinajstić information content (AvgIpc) is 3.23. The zero-order valence-corrected chi connectivity index (χ0v) is 22.6. The van der Waals surface area contributed by atoms with Crippen molar-refractivity contribution in [3.05, 3.63) is 41.7 Å². The van der Waals surface area contributed by atoms with E-state index in [0.29, 0.717) is 37.7 Å². The van der Waals surface area contributed by atoms with Crippen LogP contribution in [0.1, 0.15) is 63.1 Å². The third kappa shape index (κ3) is 7.74. The van der Waals surface area contributed by atoms with E-state index in [4.69, 9.17) is 4.74 Å². The van der Waals surface area contributed by atoms with E-state index in [1.54, 1.807) is 11.8 Å². The number of nitrogens with one attached hydrogen (secondary N) is 1. The van der Waals surface area contributed by atoms with Crippen LogP contribution in [0.15, 0.2) is 30.3 Å². The summed E-state index contributed by atoms with van der Waals surface area (Å²) < 4.78 is 7.01. The predicted molar refractivity (Wildman–Crippen MR) is 140 cm³/mol. The second kappa shape index (κ2) is 13.3. The number of nitrogens with zero attached hydrogens (tertiary/aromatic N) is 4. The van der Waals surface area contributed by atoms with E-state index in [1.807, 2.05) is 49.1 Å². The van der Waals surface area contributed by atoms with Crippen LogP contribution in [-0.4, -0.2) is 75.9 Å². The molecule has 1 amide bonds. The van der Waals surface area contributed by atoms with Gasteiger partial charge in [0, 0.05) is 45.3 Å². The lowest BCUT2D eigenvalue weighted by Crippen LogP contribution is -2.55. The molecule has 2 aromatic rings. The fourth-order valence-electron chi connectivity index (χ4n) is 4.63. The van der Waals surface area contributed by atoms with Gasteiger partial charge >= 0.3 is 0 Å². The van der Waals surface area contributed by atoms with Crippen LogP contribution in [0.25, 0.3) is 5.69 Å². The number of carbonyl (C=O) groups is 1. The van der Waals surface area contributed by atoms with E-state index in [1.165, 1.54) is 0 Å². The molecule has 35 heavy (non-hydrogen) atoms. The fourth-order valence-corrected chi connectivity index (χ4v) is 4.63. The highest BCUT2D eigenvalue weighted by atomic mass is 35.5. The first-order valence-electron chi connectivity index (χ1n) is 12.4. The molecule has 0 spiro atoms. The van der Waals surface area contributed by atoms with Gasteiger partial charge in [0.05, 0.1) is 17.0 Å². The zero-order chi connectivity index (χ0) is 24.7. The molecule has 1 saturated heterocycles. The van der Waals surface area contributed by atoms with Crippen molar-refractivity contribution in [2.24, 2.45) is 11.8 Å². The van der Waals surface area contributed by atoms with E-state index in [9.17, 15) is 9.90 Å². The maximum Gasteiger partial charge on any atom is 0.276 e. The number of amides is 1. The number of halogens is 1. The molecule has 1 fully saturated rings. The molecule has 0 bridgehead atoms. The van der Waals surface area contributed by atoms with E-state index in [-0.39, 0.29) is 30.3 Å². The van der Waals surface area contributed by atoms with Crippen LogP contribution in [-0.2, 0) is 11.2 Å². The van der Waals surface area contributed by atoms with Crippen LogP contribution < -0.4 is 5.32 Å². The summed E-state index contributed by atoms with van der Waals surface area (Å²) in [4.78, 5) is 15.9. The van der Waals surface area contributed by atoms with Crippen LogP contribution in [0.5, 0.6) is 0 Å². The van der Waals surface area contributed by atoms with Gasteiger partial charge in [0.1, 0.15) is 0 Å². The molecule has 0 saturated carbocycles. The lowest BCUT2D eigenvalue weighted by atomic mass is 9.82. The van der Waals surface area contributed by atoms with Crippen LogP contribution >= 0.6 is 12.4 Å². The number of benzene rings is 1. The summed E-state index contributed by atoms with van der Waals surface area (Å²) in [7, 11) is 1.70. The molecular formula is C26H42ClN5O3. The van der Waals surface area contributed by atoms with Crippen LogP contribution in [0.2, 0.25) is 0 Å². The largest absolute Gasteiger partial charge is 0.390 e. The van der Waals surface area contributed by atoms with Crippen molar-refractivity contribution in [1.29, 1.82) is 0 Å². The maximum absolute atomic E-state index is 14.0. The van der Waals surface area contributed by atoms with Crippen molar-refractivity contribution >= 4 is 18.3 Å². The Morgan fingerprint density at radius 3 is 2.60 bits per heavy atom. The van der Waals surface area contributed by atoms with Gasteiger partial charge in [-0.2, -0.15) is 0 Å². The molecule has 8 nitrogen and oxygen atoms in total. The Kier molecular flexibility index (Phi) is 11.1. The summed E-state index contributed by atoms with van der Waals surface area (Å²) in [6, 6.07) is 9.83. The number of ether oxygens (including phenoxy) is 1. The normalized spacial score (nSPS) is 18.4. The smallest absolute Gasteiger partial charge is 0.276 e. The Hall–Kier alpha value is -2.00. The zero-order valence-electron chi connectivity index (χ0n) is 21.7. The number of methoxy groups -OCH3 is 1. The van der Waals surface area contributed by atoms with Crippen molar-refractivity contribution < 1.29 is 14.6 Å². The summed E-state index contributed by atoms with van der Waals surface area (Å²) in [5.74, 6) is 0.295. The molecule has 3 rings (SSSR count). The van der Waals surface area contributed by atoms with Crippen molar-refractivity contribution in [3.63, 3.8) is 0 Å². The Morgan fingerprint density at radius 2 is 1.97 bits per heavy atom. The van der Waals surface area contributed by atoms with Crippen molar-refractivity contribution in [3.8, 4) is 5.69 Å². The Balaban J connectivity index is 0.00000432. The average molecular weight is 508 g/mol. The van der Waals surface area contributed by atoms with E-state index in [0.717, 1.165) is 37.2 Å². The summed E-state index contributed by atoms with van der Waals surface area (Å²) in [6.45, 7) is 10.7. The number of carbonyl (C=O) groups excluding carboxylic acids is 1. The van der Waals surface area contributed by atoms with Gasteiger partial charge in [0.15, 0.2) is 5.69 Å². The predicted octanol–water partition coefficient (Wildman–Crippen LogP) is 3.51. The number of piperidine rings is 1. The molecule has 9 heteroatoms. The van der Waals surface area contributed by atoms with E-state index < -0.39 is 5.60 Å². The Labute approximate surface area is 215 Å². The molecule has 2 heterocycles. The van der Waals surface area contributed by atoms with Crippen molar-refractivity contribution in [2.45, 2.75) is 65.0 Å². The molecule has 1 aliphatic rings. The molecular weight excluding hydrogens is 466 g/mol. The second-order valence-corrected chi connectivity index (χ2v) is 10.3. The summed E-state index contributed by atoms with van der Waals surface area (Å²) in [6.07, 6.45) is 3.23. The summed E-state index contributed by atoms with van der Waals surface area (Å²) in [5, 5.41) is 22.9. The molecule has 1 aromatic heterocycles. The summed E-state index contributed by atoms with van der Waals surface area (Å²) >= 11 is 0. The number of hydrogen-bond donors (Lipinski definition) is 2. The van der Waals surface area contributed by atoms with Crippen molar-refractivity contribution in [2.75, 3.05) is 33.4 Å². The number of unbranched alkanes of at least 4 members (excludes halogenated alkanes) is 1. The standard InChI is InChI=1S/C26H41N5O3.ClH/c1-19(2)18-30(22-15-20(16-27-17-22)26(3,4)33)25(32)24-23(13-9-10-14-34-5)31(29-28-24)21-11-7-6-8-12-21;/h6-8,11-12,19-20,22,27,33H,9-10,13-18H2,1-5H3;1H/t20-,22+;/m1./s1. The topological polar surface area (TPSA) is 92.5 Å². The van der Waals surface area contributed by atoms with Crippen LogP contribution in [0, 0.1) is 11.8 Å². The minimum atomic E-state index is -0.804. The minimum Gasteiger partial charge on any atom is -0.390 e. The number of para-hydroxylation sites is 1. The van der Waals surface area contributed by atoms with Gasteiger partial charge in [-0.25, -0.2) is 4.68 Å². The number of aromatic nitrogens is 3. The Bertz CT molecular complexity index is 913. The molecule has 0 aliphatic carbocycles. The van der Waals surface area contributed by atoms with Gasteiger partial charge in [-0.3, -0.25) is 4.79 Å². The van der Waals surface area contributed by atoms with Gasteiger partial charge in [0.2, 0.25) is 0 Å². The quantitative estimate of drug-likeness (QED) is 0.452. The number of hydrogen-bond acceptors (Lipinski definition) is 6. The lowest BCUT2D eigenvalue weighted by Gasteiger charge is -2.42. The monoisotopic (exact) mass is 507 g/mol. The second-order valence-electron chi connectivity index (χ2n) is 10.3. The first kappa shape index (κ1) is 29.2. The maximum atomic E-state index is 14.0. The van der Waals surface area contributed by atoms with Crippen molar-refractivity contribution in [1.82, 2.24) is 25.2 Å². The summed E-state index contributed by atoms with van der Waals surface area (Å²) in [5.41, 5.74) is 1.35. The molecule has 2 N–H and O–H groups in total. The van der Waals surface area contributed by atoms with E-state index in [2.05, 4.69) is 29.5 Å². The molecule has 0 radical (unpaired) electrons.